The van der Waals surface area contributed by atoms with E-state index in [1.807, 2.05) is 0 Å². The van der Waals surface area contributed by atoms with Crippen LogP contribution in [-0.2, 0) is 10.0 Å². The van der Waals surface area contributed by atoms with Gasteiger partial charge >= 0.3 is 0 Å². The zero-order chi connectivity index (χ0) is 12.2. The maximum atomic E-state index is 11.4. The summed E-state index contributed by atoms with van der Waals surface area (Å²) in [6.07, 6.45) is 1.06. The Morgan fingerprint density at radius 3 is 2.53 bits per heavy atom. The molecule has 1 aromatic carbocycles. The fourth-order valence-electron chi connectivity index (χ4n) is 1.02. The molecule has 82 valence electrons. The van der Waals surface area contributed by atoms with Crippen LogP contribution in [-0.4, -0.2) is 27.3 Å². The van der Waals surface area contributed by atoms with Gasteiger partial charge in [0.15, 0.2) is 5.78 Å². The first-order valence-electron chi connectivity index (χ1n) is 4.52. The van der Waals surface area contributed by atoms with E-state index in [4.69, 9.17) is 1.12 Å². The maximum absolute atomic E-state index is 11.4. The lowest BCUT2D eigenvalue weighted by atomic mass is 10.1. The smallest absolute Gasteiger partial charge is 0.229 e. The minimum Gasteiger partial charge on any atom is -0.293 e. The minimum atomic E-state index is -3.29. The molecule has 0 spiro atoms. The Balaban J connectivity index is 2.79. The number of carbonyl (C=O) groups is 1. The predicted molar refractivity (Wildman–Crippen MR) is 63.1 cm³/mol. The molecule has 0 amide bonds. The van der Waals surface area contributed by atoms with Crippen molar-refractivity contribution in [1.29, 1.82) is 1.12 Å². The lowest BCUT2D eigenvalue weighted by Gasteiger charge is -2.04. The van der Waals surface area contributed by atoms with E-state index in [0.29, 0.717) is 23.8 Å². The van der Waals surface area contributed by atoms with Crippen LogP contribution in [0.2, 0.25) is 0 Å². The van der Waals surface area contributed by atoms with E-state index < -0.39 is 10.0 Å². The lowest BCUT2D eigenvalue weighted by molar-refractivity contribution is 0.102. The second-order valence-corrected chi connectivity index (χ2v) is 5.06. The average molecular weight is 247 g/mol. The standard InChI is InChI=1S/C9H11NO3S2/c1-15(12,13)10-8-4-2-7(3-5-8)9(11)6-14/h2-5,10,14H,6H2,1H3/i/hT. The number of hydrogen-bond donors (Lipinski definition) is 2. The van der Waals surface area contributed by atoms with Gasteiger partial charge in [-0.05, 0) is 24.3 Å². The SMILES string of the molecule is [3H]SCC(=O)c1ccc(NS(C)(=O)=O)cc1. The summed E-state index contributed by atoms with van der Waals surface area (Å²) in [5.41, 5.74) is 0.886. The van der Waals surface area contributed by atoms with E-state index in [1.54, 1.807) is 0 Å². The van der Waals surface area contributed by atoms with Gasteiger partial charge in [-0.1, -0.05) is 0 Å². The minimum absolute atomic E-state index is 0.0961. The third-order valence-electron chi connectivity index (χ3n) is 1.64. The molecule has 1 aromatic rings. The Morgan fingerprint density at radius 2 is 2.07 bits per heavy atom. The molecule has 0 aliphatic carbocycles. The molecule has 1 rings (SSSR count). The van der Waals surface area contributed by atoms with Gasteiger partial charge < -0.3 is 0 Å². The van der Waals surface area contributed by atoms with Crippen LogP contribution in [0.1, 0.15) is 10.4 Å². The molecule has 0 atom stereocenters. The number of thiol groups is 1. The molecule has 0 radical (unpaired) electrons. The van der Waals surface area contributed by atoms with Gasteiger partial charge in [0.2, 0.25) is 10.0 Å². The number of Topliss-reactive ketones (excluding diaryl/α,β-unsaturated/α-hetero) is 1. The van der Waals surface area contributed by atoms with Crippen LogP contribution in [0.25, 0.3) is 0 Å². The van der Waals surface area contributed by atoms with Crippen molar-refractivity contribution < 1.29 is 13.2 Å². The van der Waals surface area contributed by atoms with Gasteiger partial charge in [0, 0.05) is 11.3 Å². The predicted octanol–water partition coefficient (Wildman–Crippen LogP) is 1.17. The Bertz CT molecular complexity index is 470. The molecule has 0 fully saturated rings. The van der Waals surface area contributed by atoms with Gasteiger partial charge in [0.1, 0.15) is 1.12 Å². The summed E-state index contributed by atoms with van der Waals surface area (Å²) < 4.78 is 31.0. The summed E-state index contributed by atoms with van der Waals surface area (Å²) in [7, 11) is -3.29. The molecular weight excluding hydrogens is 234 g/mol. The molecule has 1 N–H and O–H groups in total. The van der Waals surface area contributed by atoms with Crippen LogP contribution >= 0.6 is 12.5 Å². The van der Waals surface area contributed by atoms with Gasteiger partial charge in [0.25, 0.3) is 0 Å². The van der Waals surface area contributed by atoms with E-state index in [-0.39, 0.29) is 11.5 Å². The van der Waals surface area contributed by atoms with Gasteiger partial charge in [-0.25, -0.2) is 8.42 Å². The topological polar surface area (TPSA) is 63.2 Å². The average Bonchev–Trinajstić information content (AvgIpc) is 2.16. The van der Waals surface area contributed by atoms with Crippen molar-refractivity contribution in [2.45, 2.75) is 0 Å². The van der Waals surface area contributed by atoms with Crippen molar-refractivity contribution in [3.05, 3.63) is 29.8 Å². The normalized spacial score (nSPS) is 11.9. The number of anilines is 1. The van der Waals surface area contributed by atoms with Crippen molar-refractivity contribution in [2.75, 3.05) is 16.7 Å². The number of rotatable bonds is 5. The molecule has 0 aliphatic rings. The molecule has 6 heteroatoms. The zero-order valence-electron chi connectivity index (χ0n) is 9.06. The lowest BCUT2D eigenvalue weighted by Crippen LogP contribution is -2.09. The number of sulfonamides is 1. The Labute approximate surface area is 95.2 Å². The highest BCUT2D eigenvalue weighted by Gasteiger charge is 2.04. The molecule has 0 unspecified atom stereocenters. The van der Waals surface area contributed by atoms with Gasteiger partial charge in [-0.15, -0.1) is 0 Å². The van der Waals surface area contributed by atoms with Gasteiger partial charge in [0.05, 0.1) is 12.0 Å². The Kier molecular flexibility index (Phi) is 3.27. The van der Waals surface area contributed by atoms with E-state index in [9.17, 15) is 13.2 Å². The molecule has 4 nitrogen and oxygen atoms in total. The number of ketones is 1. The van der Waals surface area contributed by atoms with Crippen molar-refractivity contribution in [2.24, 2.45) is 0 Å². The molecule has 0 bridgehead atoms. The monoisotopic (exact) mass is 247 g/mol. The number of carbonyl (C=O) groups excluding carboxylic acids is 1. The fourth-order valence-corrected chi connectivity index (χ4v) is 1.75. The quantitative estimate of drug-likeness (QED) is 0.606. The summed E-state index contributed by atoms with van der Waals surface area (Å²) in [4.78, 5) is 11.4. The largest absolute Gasteiger partial charge is 0.293 e. The Morgan fingerprint density at radius 1 is 1.47 bits per heavy atom. The van der Waals surface area contributed by atoms with Crippen LogP contribution in [0.5, 0.6) is 0 Å². The highest BCUT2D eigenvalue weighted by Crippen LogP contribution is 2.11. The summed E-state index contributed by atoms with van der Waals surface area (Å²) in [6.45, 7) is 0. The van der Waals surface area contributed by atoms with Crippen LogP contribution in [0, 0.1) is 0 Å². The highest BCUT2D eigenvalue weighted by atomic mass is 32.2. The first-order chi connectivity index (χ1) is 7.42. The number of benzene rings is 1. The zero-order valence-corrected chi connectivity index (χ0v) is 9.69. The van der Waals surface area contributed by atoms with E-state index >= 15 is 0 Å². The first kappa shape index (κ1) is 10.5. The van der Waals surface area contributed by atoms with E-state index in [2.05, 4.69) is 4.72 Å². The van der Waals surface area contributed by atoms with E-state index in [0.717, 1.165) is 6.26 Å². The van der Waals surface area contributed by atoms with Gasteiger partial charge in [-0.3, -0.25) is 9.52 Å². The van der Waals surface area contributed by atoms with Crippen LogP contribution in [0.15, 0.2) is 24.3 Å². The number of nitrogens with one attached hydrogen (secondary N) is 1. The van der Waals surface area contributed by atoms with Crippen LogP contribution < -0.4 is 4.72 Å². The summed E-state index contributed by atoms with van der Waals surface area (Å²) in [6, 6.07) is 6.10. The summed E-state index contributed by atoms with van der Waals surface area (Å²) in [5, 5.41) is 0. The fraction of sp³-hybridized carbons (Fsp3) is 0.222. The molecule has 15 heavy (non-hydrogen) atoms. The van der Waals surface area contributed by atoms with Crippen molar-refractivity contribution in [3.8, 4) is 0 Å². The molecule has 0 saturated carbocycles. The van der Waals surface area contributed by atoms with Crippen LogP contribution in [0.3, 0.4) is 0 Å². The number of hydrogen-bond acceptors (Lipinski definition) is 4. The molecule has 0 heterocycles. The third-order valence-corrected chi connectivity index (χ3v) is 2.51. The third kappa shape index (κ3) is 3.93. The van der Waals surface area contributed by atoms with Crippen molar-refractivity contribution in [1.82, 2.24) is 0 Å². The first-order valence-corrected chi connectivity index (χ1v) is 6.58. The van der Waals surface area contributed by atoms with Crippen molar-refractivity contribution >= 4 is 34.0 Å². The highest BCUT2D eigenvalue weighted by molar-refractivity contribution is 7.92. The van der Waals surface area contributed by atoms with Gasteiger partial charge in [-0.2, -0.15) is 12.5 Å². The molecule has 0 saturated heterocycles. The molecule has 0 aliphatic heterocycles. The summed E-state index contributed by atoms with van der Waals surface area (Å²) in [5.74, 6) is -0.0512. The summed E-state index contributed by atoms with van der Waals surface area (Å²) >= 11 is 0.708. The second kappa shape index (κ2) is 4.67. The van der Waals surface area contributed by atoms with Crippen molar-refractivity contribution in [3.63, 3.8) is 0 Å². The van der Waals surface area contributed by atoms with E-state index in [1.165, 1.54) is 24.3 Å². The molecular formula is C9H11NO3S2. The van der Waals surface area contributed by atoms with Crippen LogP contribution in [0.4, 0.5) is 5.69 Å². The maximum Gasteiger partial charge on any atom is 0.229 e. The second-order valence-electron chi connectivity index (χ2n) is 3.02. The molecule has 0 aromatic heterocycles. The Hall–Kier alpha value is -1.01.